The van der Waals surface area contributed by atoms with Gasteiger partial charge in [0, 0.05) is 0 Å². The Bertz CT molecular complexity index is 258. The van der Waals surface area contributed by atoms with Crippen molar-refractivity contribution in [1.82, 2.24) is 0 Å². The fourth-order valence-electron chi connectivity index (χ4n) is 0.896. The highest BCUT2D eigenvalue weighted by atomic mass is 79.9. The molecule has 0 fully saturated rings. The van der Waals surface area contributed by atoms with Gasteiger partial charge in [0.05, 0.1) is 0 Å². The van der Waals surface area contributed by atoms with Gasteiger partial charge in [-0.2, -0.15) is 0 Å². The smallest absolute Gasteiger partial charge is 0.109 e. The highest BCUT2D eigenvalue weighted by Gasteiger charge is 2.06. The number of benzene rings is 1. The standard InChI is InChI=1S/C8H8Br2Si/c1-2-7-5-3-4-6-8(7)11(9)10/h2-6,11H,1H2. The highest BCUT2D eigenvalue weighted by Crippen LogP contribution is 2.07. The summed E-state index contributed by atoms with van der Waals surface area (Å²) >= 11 is 7.16. The van der Waals surface area contributed by atoms with Crippen molar-refractivity contribution in [3.05, 3.63) is 36.4 Å². The Morgan fingerprint density at radius 1 is 1.27 bits per heavy atom. The van der Waals surface area contributed by atoms with Crippen molar-refractivity contribution in [3.63, 3.8) is 0 Å². The van der Waals surface area contributed by atoms with Gasteiger partial charge < -0.3 is 0 Å². The summed E-state index contributed by atoms with van der Waals surface area (Å²) in [5.74, 6) is 0. The van der Waals surface area contributed by atoms with Crippen LogP contribution in [0, 0.1) is 0 Å². The molecule has 1 aromatic rings. The van der Waals surface area contributed by atoms with Crippen LogP contribution in [0.15, 0.2) is 30.8 Å². The Morgan fingerprint density at radius 3 is 2.36 bits per heavy atom. The van der Waals surface area contributed by atoms with E-state index in [9.17, 15) is 0 Å². The molecule has 0 unspecified atom stereocenters. The topological polar surface area (TPSA) is 0 Å². The lowest BCUT2D eigenvalue weighted by molar-refractivity contribution is 1.72. The van der Waals surface area contributed by atoms with Crippen LogP contribution in [0.2, 0.25) is 0 Å². The van der Waals surface area contributed by atoms with Crippen LogP contribution in [-0.4, -0.2) is 6.04 Å². The normalized spacial score (nSPS) is 10.1. The van der Waals surface area contributed by atoms with Crippen LogP contribution in [-0.2, 0) is 0 Å². The molecule has 0 bridgehead atoms. The first-order valence-electron chi connectivity index (χ1n) is 3.25. The summed E-state index contributed by atoms with van der Waals surface area (Å²) in [5, 5.41) is 1.35. The minimum atomic E-state index is -1.03. The van der Waals surface area contributed by atoms with E-state index in [-0.39, 0.29) is 0 Å². The van der Waals surface area contributed by atoms with Crippen LogP contribution in [0.1, 0.15) is 5.56 Å². The van der Waals surface area contributed by atoms with Crippen molar-refractivity contribution >= 4 is 47.9 Å². The minimum absolute atomic E-state index is 1.03. The third kappa shape index (κ3) is 2.29. The lowest BCUT2D eigenvalue weighted by atomic mass is 10.2. The second-order valence-corrected chi connectivity index (χ2v) is 12.5. The Kier molecular flexibility index (Phi) is 3.55. The predicted molar refractivity (Wildman–Crippen MR) is 61.2 cm³/mol. The molecule has 0 saturated heterocycles. The van der Waals surface area contributed by atoms with Crippen LogP contribution >= 0.6 is 30.6 Å². The van der Waals surface area contributed by atoms with Gasteiger partial charge in [0.1, 0.15) is 0 Å². The predicted octanol–water partition coefficient (Wildman–Crippen LogP) is 2.55. The summed E-state index contributed by atoms with van der Waals surface area (Å²) in [6.07, 6.45) is 1.89. The van der Waals surface area contributed by atoms with Crippen molar-refractivity contribution in [2.75, 3.05) is 0 Å². The summed E-state index contributed by atoms with van der Waals surface area (Å²) in [7, 11) is 0. The number of hydrogen-bond acceptors (Lipinski definition) is 0. The Labute approximate surface area is 84.1 Å². The van der Waals surface area contributed by atoms with E-state index in [0.29, 0.717) is 0 Å². The molecule has 0 heterocycles. The SMILES string of the molecule is C=Cc1ccccc1[SiH](Br)Br. The van der Waals surface area contributed by atoms with Crippen molar-refractivity contribution in [2.24, 2.45) is 0 Å². The fourth-order valence-corrected chi connectivity index (χ4v) is 4.12. The number of rotatable bonds is 2. The first-order chi connectivity index (χ1) is 5.25. The van der Waals surface area contributed by atoms with Crippen molar-refractivity contribution in [3.8, 4) is 0 Å². The zero-order chi connectivity index (χ0) is 8.27. The lowest BCUT2D eigenvalue weighted by Crippen LogP contribution is -2.19. The molecule has 0 aliphatic heterocycles. The largest absolute Gasteiger partial charge is 0.216 e. The summed E-state index contributed by atoms with van der Waals surface area (Å²) in [5.41, 5.74) is 1.22. The van der Waals surface area contributed by atoms with Gasteiger partial charge in [0.25, 0.3) is 0 Å². The fraction of sp³-hybridized carbons (Fsp3) is 0. The summed E-state index contributed by atoms with van der Waals surface area (Å²) < 4.78 is 0. The van der Waals surface area contributed by atoms with E-state index in [4.69, 9.17) is 0 Å². The average molecular weight is 292 g/mol. The highest BCUT2D eigenvalue weighted by molar-refractivity contribution is 9.49. The van der Waals surface area contributed by atoms with Crippen molar-refractivity contribution in [2.45, 2.75) is 0 Å². The maximum atomic E-state index is 3.75. The van der Waals surface area contributed by atoms with E-state index in [1.807, 2.05) is 18.2 Å². The molecular formula is C8H8Br2Si. The third-order valence-corrected chi connectivity index (χ3v) is 5.41. The van der Waals surface area contributed by atoms with Gasteiger partial charge in [0.15, 0.2) is 0 Å². The second kappa shape index (κ2) is 4.23. The van der Waals surface area contributed by atoms with Gasteiger partial charge in [-0.05, 0) is 10.8 Å². The maximum absolute atomic E-state index is 3.75. The molecule has 0 nitrogen and oxygen atoms in total. The maximum Gasteiger partial charge on any atom is 0.216 e. The number of hydrogen-bond donors (Lipinski definition) is 0. The monoisotopic (exact) mass is 290 g/mol. The van der Waals surface area contributed by atoms with E-state index in [2.05, 4.69) is 49.3 Å². The molecule has 0 aliphatic carbocycles. The Morgan fingerprint density at radius 2 is 1.91 bits per heavy atom. The molecule has 0 amide bonds. The Balaban J connectivity index is 3.12. The molecule has 0 atom stereocenters. The molecule has 3 heteroatoms. The average Bonchev–Trinajstić information content (AvgIpc) is 2.04. The Hall–Kier alpha value is 0.137. The molecule has 1 aromatic carbocycles. The molecule has 0 spiro atoms. The van der Waals surface area contributed by atoms with Crippen LogP contribution in [0.3, 0.4) is 0 Å². The minimum Gasteiger partial charge on any atom is -0.109 e. The van der Waals surface area contributed by atoms with E-state index in [1.165, 1.54) is 10.8 Å². The first-order valence-corrected chi connectivity index (χ1v) is 10.2. The van der Waals surface area contributed by atoms with Gasteiger partial charge in [0.2, 0.25) is 6.04 Å². The quantitative estimate of drug-likeness (QED) is 0.580. The second-order valence-electron chi connectivity index (χ2n) is 2.13. The lowest BCUT2D eigenvalue weighted by Gasteiger charge is -2.03. The summed E-state index contributed by atoms with van der Waals surface area (Å²) in [6.45, 7) is 3.75. The zero-order valence-electron chi connectivity index (χ0n) is 5.93. The zero-order valence-corrected chi connectivity index (χ0v) is 10.3. The molecule has 11 heavy (non-hydrogen) atoms. The van der Waals surface area contributed by atoms with Gasteiger partial charge in [-0.3, -0.25) is 0 Å². The van der Waals surface area contributed by atoms with E-state index in [0.717, 1.165) is 0 Å². The first kappa shape index (κ1) is 9.23. The summed E-state index contributed by atoms with van der Waals surface area (Å²) in [6, 6.07) is 7.24. The van der Waals surface area contributed by atoms with Crippen molar-refractivity contribution < 1.29 is 0 Å². The van der Waals surface area contributed by atoms with E-state index < -0.39 is 6.04 Å². The van der Waals surface area contributed by atoms with Crippen molar-refractivity contribution in [1.29, 1.82) is 0 Å². The molecule has 0 aromatic heterocycles. The van der Waals surface area contributed by atoms with Crippen LogP contribution in [0.25, 0.3) is 6.08 Å². The van der Waals surface area contributed by atoms with E-state index >= 15 is 0 Å². The summed E-state index contributed by atoms with van der Waals surface area (Å²) in [4.78, 5) is 0. The van der Waals surface area contributed by atoms with Crippen LogP contribution < -0.4 is 5.19 Å². The third-order valence-electron chi connectivity index (χ3n) is 1.45. The van der Waals surface area contributed by atoms with Gasteiger partial charge in [-0.1, -0.05) is 36.9 Å². The number of halogens is 2. The molecule has 1 rings (SSSR count). The van der Waals surface area contributed by atoms with Crippen LogP contribution in [0.4, 0.5) is 0 Å². The van der Waals surface area contributed by atoms with Gasteiger partial charge in [-0.15, -0.1) is 30.6 Å². The molecular weight excluding hydrogens is 284 g/mol. The van der Waals surface area contributed by atoms with Crippen LogP contribution in [0.5, 0.6) is 0 Å². The van der Waals surface area contributed by atoms with E-state index in [1.54, 1.807) is 0 Å². The molecule has 0 aliphatic rings. The van der Waals surface area contributed by atoms with Gasteiger partial charge in [-0.25, -0.2) is 0 Å². The molecule has 58 valence electrons. The molecule has 0 N–H and O–H groups in total. The van der Waals surface area contributed by atoms with Gasteiger partial charge >= 0.3 is 0 Å². The molecule has 0 radical (unpaired) electrons. The molecule has 0 saturated carbocycles.